The van der Waals surface area contributed by atoms with Crippen molar-refractivity contribution in [3.8, 4) is 0 Å². The van der Waals surface area contributed by atoms with Crippen LogP contribution in [0.4, 0.5) is 4.39 Å². The maximum Gasteiger partial charge on any atom is 0.131 e. The van der Waals surface area contributed by atoms with Crippen LogP contribution < -0.4 is 0 Å². The molecular weight excluding hydrogens is 187 g/mol. The fourth-order valence-corrected chi connectivity index (χ4v) is 1.69. The molecule has 0 aliphatic rings. The van der Waals surface area contributed by atoms with Crippen LogP contribution in [0.2, 0.25) is 0 Å². The highest BCUT2D eigenvalue weighted by Gasteiger charge is 2.02. The Balaban J connectivity index is 2.84. The quantitative estimate of drug-likeness (QED) is 0.607. The van der Waals surface area contributed by atoms with E-state index in [-0.39, 0.29) is 5.82 Å². The molecule has 0 saturated carbocycles. The van der Waals surface area contributed by atoms with Crippen molar-refractivity contribution < 1.29 is 4.39 Å². The lowest BCUT2D eigenvalue weighted by Crippen LogP contribution is -1.84. The van der Waals surface area contributed by atoms with Gasteiger partial charge in [-0.25, -0.2) is 4.39 Å². The molecule has 13 heavy (non-hydrogen) atoms. The van der Waals surface area contributed by atoms with Crippen LogP contribution in [-0.2, 0) is 5.88 Å². The van der Waals surface area contributed by atoms with Crippen LogP contribution in [-0.4, -0.2) is 0 Å². The lowest BCUT2D eigenvalue weighted by molar-refractivity contribution is 0.640. The predicted octanol–water partition coefficient (Wildman–Crippen LogP) is 3.72. The molecule has 0 saturated heterocycles. The van der Waals surface area contributed by atoms with Gasteiger partial charge in [-0.05, 0) is 17.0 Å². The zero-order valence-electron chi connectivity index (χ0n) is 6.93. The molecule has 2 aromatic carbocycles. The molecule has 0 nitrogen and oxygen atoms in total. The van der Waals surface area contributed by atoms with E-state index in [2.05, 4.69) is 0 Å². The second kappa shape index (κ2) is 3.35. The Morgan fingerprint density at radius 1 is 1.00 bits per heavy atom. The second-order valence-corrected chi connectivity index (χ2v) is 3.15. The first-order valence-corrected chi connectivity index (χ1v) is 4.58. The standard InChI is InChI=1S/C11H8ClF/c12-7-8-3-1-5-10-9(8)4-2-6-11(10)13/h1-6H,7H2. The SMILES string of the molecule is Fc1cccc2c(CCl)cccc12. The monoisotopic (exact) mass is 194 g/mol. The van der Waals surface area contributed by atoms with Gasteiger partial charge in [0.25, 0.3) is 0 Å². The zero-order chi connectivity index (χ0) is 9.26. The van der Waals surface area contributed by atoms with Crippen molar-refractivity contribution in [1.29, 1.82) is 0 Å². The third-order valence-electron chi connectivity index (χ3n) is 2.10. The van der Waals surface area contributed by atoms with Crippen molar-refractivity contribution >= 4 is 22.4 Å². The van der Waals surface area contributed by atoms with E-state index in [1.165, 1.54) is 6.07 Å². The molecule has 0 aliphatic carbocycles. The third-order valence-corrected chi connectivity index (χ3v) is 2.39. The smallest absolute Gasteiger partial charge is 0.131 e. The molecular formula is C11H8ClF. The van der Waals surface area contributed by atoms with Gasteiger partial charge in [0.05, 0.1) is 0 Å². The zero-order valence-corrected chi connectivity index (χ0v) is 7.68. The Bertz CT molecular complexity index is 437. The Hall–Kier alpha value is -1.08. The minimum absolute atomic E-state index is 0.190. The van der Waals surface area contributed by atoms with Gasteiger partial charge in [-0.15, -0.1) is 11.6 Å². The van der Waals surface area contributed by atoms with Crippen LogP contribution in [0.3, 0.4) is 0 Å². The van der Waals surface area contributed by atoms with E-state index in [9.17, 15) is 4.39 Å². The summed E-state index contributed by atoms with van der Waals surface area (Å²) in [5.41, 5.74) is 0.971. The van der Waals surface area contributed by atoms with Crippen LogP contribution in [0.5, 0.6) is 0 Å². The topological polar surface area (TPSA) is 0 Å². The minimum Gasteiger partial charge on any atom is -0.206 e. The van der Waals surface area contributed by atoms with Crippen molar-refractivity contribution in [3.05, 3.63) is 47.8 Å². The van der Waals surface area contributed by atoms with Gasteiger partial charge in [0.2, 0.25) is 0 Å². The molecule has 0 atom stereocenters. The predicted molar refractivity (Wildman–Crippen MR) is 53.5 cm³/mol. The van der Waals surface area contributed by atoms with Crippen molar-refractivity contribution in [2.24, 2.45) is 0 Å². The van der Waals surface area contributed by atoms with E-state index < -0.39 is 0 Å². The molecule has 0 unspecified atom stereocenters. The van der Waals surface area contributed by atoms with Gasteiger partial charge in [0.15, 0.2) is 0 Å². The van der Waals surface area contributed by atoms with Gasteiger partial charge in [-0.2, -0.15) is 0 Å². The maximum atomic E-state index is 13.3. The van der Waals surface area contributed by atoms with E-state index in [0.29, 0.717) is 11.3 Å². The fourth-order valence-electron chi connectivity index (χ4n) is 1.45. The molecule has 0 aromatic heterocycles. The van der Waals surface area contributed by atoms with Gasteiger partial charge in [-0.3, -0.25) is 0 Å². The van der Waals surface area contributed by atoms with E-state index in [4.69, 9.17) is 11.6 Å². The molecule has 0 fully saturated rings. The molecule has 0 amide bonds. The van der Waals surface area contributed by atoms with Crippen molar-refractivity contribution in [2.75, 3.05) is 0 Å². The van der Waals surface area contributed by atoms with Crippen LogP contribution in [0.15, 0.2) is 36.4 Å². The Kier molecular flexibility index (Phi) is 2.19. The number of hydrogen-bond donors (Lipinski definition) is 0. The Morgan fingerprint density at radius 2 is 1.69 bits per heavy atom. The number of fused-ring (bicyclic) bond motifs is 1. The van der Waals surface area contributed by atoms with Crippen LogP contribution in [0.25, 0.3) is 10.8 Å². The molecule has 2 heteroatoms. The highest BCUT2D eigenvalue weighted by Crippen LogP contribution is 2.22. The summed E-state index contributed by atoms with van der Waals surface area (Å²) < 4.78 is 13.3. The van der Waals surface area contributed by atoms with Gasteiger partial charge >= 0.3 is 0 Å². The molecule has 2 aromatic rings. The summed E-state index contributed by atoms with van der Waals surface area (Å²) in [6, 6.07) is 10.5. The van der Waals surface area contributed by atoms with E-state index >= 15 is 0 Å². The van der Waals surface area contributed by atoms with Crippen LogP contribution in [0.1, 0.15) is 5.56 Å². The molecule has 0 N–H and O–H groups in total. The van der Waals surface area contributed by atoms with Crippen LogP contribution in [0, 0.1) is 5.82 Å². The van der Waals surface area contributed by atoms with Gasteiger partial charge in [-0.1, -0.05) is 30.3 Å². The Labute approximate surface area is 80.9 Å². The van der Waals surface area contributed by atoms with Crippen LogP contribution >= 0.6 is 11.6 Å². The lowest BCUT2D eigenvalue weighted by atomic mass is 10.1. The van der Waals surface area contributed by atoms with Gasteiger partial charge < -0.3 is 0 Å². The lowest BCUT2D eigenvalue weighted by Gasteiger charge is -2.03. The number of halogens is 2. The fraction of sp³-hybridized carbons (Fsp3) is 0.0909. The minimum atomic E-state index is -0.190. The van der Waals surface area contributed by atoms with E-state index in [1.54, 1.807) is 12.1 Å². The summed E-state index contributed by atoms with van der Waals surface area (Å²) in [4.78, 5) is 0. The molecule has 0 spiro atoms. The van der Waals surface area contributed by atoms with Crippen molar-refractivity contribution in [2.45, 2.75) is 5.88 Å². The van der Waals surface area contributed by atoms with Crippen molar-refractivity contribution in [3.63, 3.8) is 0 Å². The molecule has 66 valence electrons. The first kappa shape index (κ1) is 8.52. The number of hydrogen-bond acceptors (Lipinski definition) is 0. The summed E-state index contributed by atoms with van der Waals surface area (Å²) in [6.07, 6.45) is 0. The van der Waals surface area contributed by atoms with E-state index in [0.717, 1.165) is 10.9 Å². The molecule has 0 heterocycles. The summed E-state index contributed by atoms with van der Waals surface area (Å²) in [5.74, 6) is 0.227. The maximum absolute atomic E-state index is 13.3. The van der Waals surface area contributed by atoms with Gasteiger partial charge in [0, 0.05) is 11.3 Å². The average molecular weight is 195 g/mol. The number of benzene rings is 2. The number of alkyl halides is 1. The Morgan fingerprint density at radius 3 is 2.46 bits per heavy atom. The molecule has 0 radical (unpaired) electrons. The average Bonchev–Trinajstić information content (AvgIpc) is 2.18. The summed E-state index contributed by atoms with van der Waals surface area (Å²) >= 11 is 5.74. The van der Waals surface area contributed by atoms with E-state index in [1.807, 2.05) is 18.2 Å². The first-order valence-electron chi connectivity index (χ1n) is 4.05. The summed E-state index contributed by atoms with van der Waals surface area (Å²) in [5, 5.41) is 1.54. The van der Waals surface area contributed by atoms with Gasteiger partial charge in [0.1, 0.15) is 5.82 Å². The number of rotatable bonds is 1. The first-order chi connectivity index (χ1) is 6.33. The second-order valence-electron chi connectivity index (χ2n) is 2.89. The molecule has 2 rings (SSSR count). The summed E-state index contributed by atoms with van der Waals surface area (Å²) in [7, 11) is 0. The largest absolute Gasteiger partial charge is 0.206 e. The molecule has 0 bridgehead atoms. The summed E-state index contributed by atoms with van der Waals surface area (Å²) in [6.45, 7) is 0. The highest BCUT2D eigenvalue weighted by molar-refractivity contribution is 6.18. The van der Waals surface area contributed by atoms with Crippen molar-refractivity contribution in [1.82, 2.24) is 0 Å². The normalized spacial score (nSPS) is 10.6. The third kappa shape index (κ3) is 1.40. The highest BCUT2D eigenvalue weighted by atomic mass is 35.5. The molecule has 0 aliphatic heterocycles.